The molecular formula is C24H24N4O4. The maximum Gasteiger partial charge on any atom is 0.322 e. The highest BCUT2D eigenvalue weighted by molar-refractivity contribution is 6.00. The number of nitrogens with zero attached hydrogens (tertiary/aromatic N) is 2. The maximum atomic E-state index is 13.0. The number of carbonyl (C=O) groups is 3. The first-order valence-corrected chi connectivity index (χ1v) is 10.4. The van der Waals surface area contributed by atoms with Gasteiger partial charge in [-0.3, -0.25) is 9.59 Å². The third-order valence-electron chi connectivity index (χ3n) is 5.77. The summed E-state index contributed by atoms with van der Waals surface area (Å²) in [6.45, 7) is 2.20. The topological polar surface area (TPSA) is 102 Å². The number of β-amino-alcohol motifs (C(OH)–C–C–N with tert-alkyl or cyclic N) is 1. The molecule has 0 unspecified atom stereocenters. The Balaban J connectivity index is 1.44. The van der Waals surface area contributed by atoms with Gasteiger partial charge in [0.15, 0.2) is 0 Å². The summed E-state index contributed by atoms with van der Waals surface area (Å²) >= 11 is 0. The standard InChI is InChI=1S/C24H24N4O4/c1-3-16-4-6-18(7-5-16)26-24(32)28-14-20(30)13-22(28)23(31)25-19-8-9-21-17(12-19)10-11-27(21)15(2)29/h1,4-9,12,20,22,30H,10-11,13-14H2,2H3,(H,25,31)(H,26,32)/t20-,22-/m1/s1. The van der Waals surface area contributed by atoms with E-state index in [0.29, 0.717) is 29.9 Å². The van der Waals surface area contributed by atoms with Gasteiger partial charge in [-0.05, 0) is 54.4 Å². The summed E-state index contributed by atoms with van der Waals surface area (Å²) in [5.41, 5.74) is 3.66. The number of hydrogen-bond donors (Lipinski definition) is 3. The van der Waals surface area contributed by atoms with Crippen LogP contribution in [0, 0.1) is 12.3 Å². The first-order valence-electron chi connectivity index (χ1n) is 10.4. The van der Waals surface area contributed by atoms with Crippen LogP contribution in [0.25, 0.3) is 0 Å². The van der Waals surface area contributed by atoms with Crippen LogP contribution >= 0.6 is 0 Å². The SMILES string of the molecule is C#Cc1ccc(NC(=O)N2C[C@H](O)C[C@@H]2C(=O)Nc2ccc3c(c2)CCN3C(C)=O)cc1. The molecule has 2 aliphatic heterocycles. The number of anilines is 3. The highest BCUT2D eigenvalue weighted by Gasteiger charge is 2.39. The van der Waals surface area contributed by atoms with E-state index >= 15 is 0 Å². The van der Waals surface area contributed by atoms with Gasteiger partial charge in [-0.2, -0.15) is 0 Å². The van der Waals surface area contributed by atoms with E-state index in [9.17, 15) is 19.5 Å². The largest absolute Gasteiger partial charge is 0.391 e. The normalized spacial score (nSPS) is 19.3. The molecule has 1 fully saturated rings. The Bertz CT molecular complexity index is 1110. The zero-order valence-corrected chi connectivity index (χ0v) is 17.7. The van der Waals surface area contributed by atoms with Crippen molar-refractivity contribution in [1.82, 2.24) is 4.90 Å². The minimum absolute atomic E-state index is 0.0175. The number of aliphatic hydroxyl groups excluding tert-OH is 1. The number of terminal acetylenes is 1. The Morgan fingerprint density at radius 3 is 2.50 bits per heavy atom. The molecule has 2 aromatic rings. The molecule has 0 aliphatic carbocycles. The summed E-state index contributed by atoms with van der Waals surface area (Å²) in [7, 11) is 0. The van der Waals surface area contributed by atoms with Crippen LogP contribution in [0.2, 0.25) is 0 Å². The first-order chi connectivity index (χ1) is 15.4. The molecule has 3 N–H and O–H groups in total. The van der Waals surface area contributed by atoms with E-state index in [-0.39, 0.29) is 24.8 Å². The van der Waals surface area contributed by atoms with Crippen LogP contribution in [0.1, 0.15) is 24.5 Å². The van der Waals surface area contributed by atoms with Crippen molar-refractivity contribution in [2.75, 3.05) is 28.6 Å². The zero-order chi connectivity index (χ0) is 22.8. The highest BCUT2D eigenvalue weighted by Crippen LogP contribution is 2.31. The van der Waals surface area contributed by atoms with Crippen molar-refractivity contribution < 1.29 is 19.5 Å². The lowest BCUT2D eigenvalue weighted by atomic mass is 10.1. The smallest absolute Gasteiger partial charge is 0.322 e. The molecule has 0 aromatic heterocycles. The molecule has 0 radical (unpaired) electrons. The number of hydrogen-bond acceptors (Lipinski definition) is 4. The number of rotatable bonds is 3. The fourth-order valence-electron chi connectivity index (χ4n) is 4.16. The molecular weight excluding hydrogens is 408 g/mol. The molecule has 2 aliphatic rings. The summed E-state index contributed by atoms with van der Waals surface area (Å²) in [5, 5.41) is 15.7. The van der Waals surface area contributed by atoms with Gasteiger partial charge >= 0.3 is 6.03 Å². The summed E-state index contributed by atoms with van der Waals surface area (Å²) in [5.74, 6) is 2.12. The quantitative estimate of drug-likeness (QED) is 0.647. The van der Waals surface area contributed by atoms with Crippen molar-refractivity contribution >= 4 is 34.9 Å². The van der Waals surface area contributed by atoms with E-state index in [1.54, 1.807) is 35.2 Å². The second kappa shape index (κ2) is 8.73. The van der Waals surface area contributed by atoms with Gasteiger partial charge in [0.25, 0.3) is 0 Å². The van der Waals surface area contributed by atoms with Crippen molar-refractivity contribution in [3.8, 4) is 12.3 Å². The second-order valence-corrected chi connectivity index (χ2v) is 7.96. The zero-order valence-electron chi connectivity index (χ0n) is 17.7. The molecule has 0 bridgehead atoms. The van der Waals surface area contributed by atoms with Crippen LogP contribution in [0.15, 0.2) is 42.5 Å². The average Bonchev–Trinajstić information content (AvgIpc) is 3.37. The minimum Gasteiger partial charge on any atom is -0.391 e. The third kappa shape index (κ3) is 4.29. The fourth-order valence-corrected chi connectivity index (χ4v) is 4.16. The predicted octanol–water partition coefficient (Wildman–Crippen LogP) is 2.18. The second-order valence-electron chi connectivity index (χ2n) is 7.96. The molecule has 164 valence electrons. The van der Waals surface area contributed by atoms with E-state index in [2.05, 4.69) is 16.6 Å². The molecule has 4 rings (SSSR count). The summed E-state index contributed by atoms with van der Waals surface area (Å²) in [4.78, 5) is 40.5. The highest BCUT2D eigenvalue weighted by atomic mass is 16.3. The van der Waals surface area contributed by atoms with Crippen LogP contribution < -0.4 is 15.5 Å². The van der Waals surface area contributed by atoms with Crippen LogP contribution in [-0.2, 0) is 16.0 Å². The fraction of sp³-hybridized carbons (Fsp3) is 0.292. The molecule has 2 heterocycles. The molecule has 8 nitrogen and oxygen atoms in total. The minimum atomic E-state index is -0.808. The number of amides is 4. The lowest BCUT2D eigenvalue weighted by molar-refractivity contribution is -0.119. The monoisotopic (exact) mass is 432 g/mol. The van der Waals surface area contributed by atoms with E-state index in [0.717, 1.165) is 11.3 Å². The van der Waals surface area contributed by atoms with Gasteiger partial charge in [-0.1, -0.05) is 5.92 Å². The van der Waals surface area contributed by atoms with Crippen LogP contribution in [-0.4, -0.2) is 53.1 Å². The summed E-state index contributed by atoms with van der Waals surface area (Å²) < 4.78 is 0. The van der Waals surface area contributed by atoms with Crippen molar-refractivity contribution in [3.63, 3.8) is 0 Å². The van der Waals surface area contributed by atoms with Crippen molar-refractivity contribution in [3.05, 3.63) is 53.6 Å². The lowest BCUT2D eigenvalue weighted by Gasteiger charge is -2.24. The molecule has 32 heavy (non-hydrogen) atoms. The predicted molar refractivity (Wildman–Crippen MR) is 121 cm³/mol. The van der Waals surface area contributed by atoms with Crippen LogP contribution in [0.4, 0.5) is 21.9 Å². The number of benzene rings is 2. The van der Waals surface area contributed by atoms with E-state index < -0.39 is 18.2 Å². The van der Waals surface area contributed by atoms with Gasteiger partial charge in [0, 0.05) is 49.1 Å². The number of urea groups is 1. The average molecular weight is 432 g/mol. The Morgan fingerprint density at radius 1 is 1.09 bits per heavy atom. The molecule has 0 spiro atoms. The number of fused-ring (bicyclic) bond motifs is 1. The molecule has 2 aromatic carbocycles. The number of nitrogens with one attached hydrogen (secondary N) is 2. The van der Waals surface area contributed by atoms with Crippen LogP contribution in [0.5, 0.6) is 0 Å². The molecule has 0 saturated carbocycles. The van der Waals surface area contributed by atoms with E-state index in [1.165, 1.54) is 11.8 Å². The Morgan fingerprint density at radius 2 is 1.81 bits per heavy atom. The van der Waals surface area contributed by atoms with E-state index in [1.807, 2.05) is 12.1 Å². The van der Waals surface area contributed by atoms with Gasteiger partial charge in [-0.25, -0.2) is 4.79 Å². The number of aliphatic hydroxyl groups is 1. The Hall–Kier alpha value is -3.83. The maximum absolute atomic E-state index is 13.0. The molecule has 4 amide bonds. The van der Waals surface area contributed by atoms with Crippen molar-refractivity contribution in [2.24, 2.45) is 0 Å². The van der Waals surface area contributed by atoms with Crippen molar-refractivity contribution in [2.45, 2.75) is 31.9 Å². The first kappa shape index (κ1) is 21.4. The summed E-state index contributed by atoms with van der Waals surface area (Å²) in [6.07, 6.45) is 5.43. The van der Waals surface area contributed by atoms with Crippen LogP contribution in [0.3, 0.4) is 0 Å². The summed E-state index contributed by atoms with van der Waals surface area (Å²) in [6, 6.07) is 10.9. The molecule has 1 saturated heterocycles. The van der Waals surface area contributed by atoms with Gasteiger partial charge in [-0.15, -0.1) is 6.42 Å². The number of likely N-dealkylation sites (tertiary alicyclic amines) is 1. The third-order valence-corrected chi connectivity index (χ3v) is 5.77. The van der Waals surface area contributed by atoms with Gasteiger partial charge in [0.2, 0.25) is 11.8 Å². The van der Waals surface area contributed by atoms with Gasteiger partial charge < -0.3 is 25.5 Å². The number of carbonyl (C=O) groups excluding carboxylic acids is 3. The molecule has 2 atom stereocenters. The van der Waals surface area contributed by atoms with Crippen molar-refractivity contribution in [1.29, 1.82) is 0 Å². The molecule has 8 heteroatoms. The lowest BCUT2D eigenvalue weighted by Crippen LogP contribution is -2.45. The van der Waals surface area contributed by atoms with E-state index in [4.69, 9.17) is 6.42 Å². The Kier molecular flexibility index (Phi) is 5.84. The van der Waals surface area contributed by atoms with Gasteiger partial charge in [0.05, 0.1) is 6.10 Å². The van der Waals surface area contributed by atoms with Gasteiger partial charge in [0.1, 0.15) is 6.04 Å². The Labute approximate surface area is 186 Å².